The van der Waals surface area contributed by atoms with Crippen LogP contribution in [0.4, 0.5) is 4.39 Å². The van der Waals surface area contributed by atoms with Gasteiger partial charge in [0.2, 0.25) is 0 Å². The fraction of sp³-hybridized carbons (Fsp3) is 0.312. The Hall–Kier alpha value is -1.74. The summed E-state index contributed by atoms with van der Waals surface area (Å²) >= 11 is 0. The third-order valence-electron chi connectivity index (χ3n) is 3.23. The molecule has 0 amide bonds. The highest BCUT2D eigenvalue weighted by Gasteiger charge is 2.16. The molecule has 0 saturated heterocycles. The van der Waals surface area contributed by atoms with Gasteiger partial charge >= 0.3 is 0 Å². The first-order chi connectivity index (χ1) is 9.11. The highest BCUT2D eigenvalue weighted by atomic mass is 19.1. The predicted molar refractivity (Wildman–Crippen MR) is 75.6 cm³/mol. The summed E-state index contributed by atoms with van der Waals surface area (Å²) in [5.41, 5.74) is 4.08. The summed E-state index contributed by atoms with van der Waals surface area (Å²) in [6.45, 7) is 6.82. The van der Waals surface area contributed by atoms with Crippen LogP contribution in [0.3, 0.4) is 0 Å². The second kappa shape index (κ2) is 5.93. The third kappa shape index (κ3) is 3.18. The van der Waals surface area contributed by atoms with Gasteiger partial charge in [0.15, 0.2) is 0 Å². The van der Waals surface area contributed by atoms with Crippen LogP contribution in [0, 0.1) is 19.7 Å². The minimum Gasteiger partial charge on any atom is -0.306 e. The molecule has 2 nitrogen and oxygen atoms in total. The van der Waals surface area contributed by atoms with Crippen molar-refractivity contribution in [3.8, 4) is 0 Å². The van der Waals surface area contributed by atoms with E-state index < -0.39 is 0 Å². The van der Waals surface area contributed by atoms with Gasteiger partial charge < -0.3 is 5.32 Å². The summed E-state index contributed by atoms with van der Waals surface area (Å²) in [6.07, 6.45) is 1.85. The van der Waals surface area contributed by atoms with E-state index in [0.29, 0.717) is 0 Å². The van der Waals surface area contributed by atoms with Crippen molar-refractivity contribution in [1.82, 2.24) is 10.3 Å². The van der Waals surface area contributed by atoms with Crippen molar-refractivity contribution in [1.29, 1.82) is 0 Å². The predicted octanol–water partition coefficient (Wildman–Crippen LogP) is 3.54. The lowest BCUT2D eigenvalue weighted by molar-refractivity contribution is 0.599. The number of hydrogen-bond donors (Lipinski definition) is 1. The molecule has 0 bridgehead atoms. The van der Waals surface area contributed by atoms with Crippen molar-refractivity contribution in [2.75, 3.05) is 6.54 Å². The molecule has 3 heteroatoms. The van der Waals surface area contributed by atoms with E-state index in [0.717, 1.165) is 28.9 Å². The average molecular weight is 258 g/mol. The Morgan fingerprint density at radius 1 is 1.21 bits per heavy atom. The van der Waals surface area contributed by atoms with Gasteiger partial charge in [-0.3, -0.25) is 4.98 Å². The molecule has 1 unspecified atom stereocenters. The molecule has 1 aromatic carbocycles. The van der Waals surface area contributed by atoms with E-state index in [1.165, 1.54) is 6.07 Å². The molecule has 100 valence electrons. The fourth-order valence-electron chi connectivity index (χ4n) is 2.18. The minimum absolute atomic E-state index is 0.0196. The molecular formula is C16H19FN2. The maximum atomic E-state index is 13.5. The maximum Gasteiger partial charge on any atom is 0.123 e. The van der Waals surface area contributed by atoms with Crippen LogP contribution in [0.25, 0.3) is 0 Å². The second-order valence-corrected chi connectivity index (χ2v) is 4.72. The number of aromatic nitrogens is 1. The molecule has 1 aromatic heterocycles. The number of pyridine rings is 1. The van der Waals surface area contributed by atoms with Crippen molar-refractivity contribution in [3.63, 3.8) is 0 Å². The van der Waals surface area contributed by atoms with E-state index in [4.69, 9.17) is 0 Å². The van der Waals surface area contributed by atoms with E-state index in [9.17, 15) is 4.39 Å². The Labute approximate surface area is 113 Å². The van der Waals surface area contributed by atoms with Crippen molar-refractivity contribution in [2.45, 2.75) is 26.8 Å². The van der Waals surface area contributed by atoms with E-state index in [-0.39, 0.29) is 11.9 Å². The van der Waals surface area contributed by atoms with Crippen molar-refractivity contribution in [2.24, 2.45) is 0 Å². The molecule has 0 radical (unpaired) electrons. The van der Waals surface area contributed by atoms with E-state index in [1.807, 2.05) is 45.2 Å². The number of rotatable bonds is 4. The van der Waals surface area contributed by atoms with Crippen LogP contribution in [-0.2, 0) is 0 Å². The standard InChI is InChI=1S/C16H19FN2/c1-4-18-16(13-7-6-12(3)19-10-13)15-9-14(17)8-5-11(15)2/h5-10,16,18H,4H2,1-3H3. The van der Waals surface area contributed by atoms with Gasteiger partial charge in [-0.15, -0.1) is 0 Å². The molecule has 2 aromatic rings. The van der Waals surface area contributed by atoms with Gasteiger partial charge in [0.05, 0.1) is 6.04 Å². The van der Waals surface area contributed by atoms with E-state index >= 15 is 0 Å². The van der Waals surface area contributed by atoms with Gasteiger partial charge in [-0.2, -0.15) is 0 Å². The van der Waals surface area contributed by atoms with Crippen LogP contribution in [0.2, 0.25) is 0 Å². The van der Waals surface area contributed by atoms with Crippen LogP contribution in [0.5, 0.6) is 0 Å². The van der Waals surface area contributed by atoms with E-state index in [1.54, 1.807) is 6.07 Å². The van der Waals surface area contributed by atoms with Gasteiger partial charge in [-0.25, -0.2) is 4.39 Å². The van der Waals surface area contributed by atoms with E-state index in [2.05, 4.69) is 10.3 Å². The summed E-state index contributed by atoms with van der Waals surface area (Å²) < 4.78 is 13.5. The minimum atomic E-state index is -0.205. The van der Waals surface area contributed by atoms with Crippen LogP contribution in [-0.4, -0.2) is 11.5 Å². The van der Waals surface area contributed by atoms with Gasteiger partial charge in [0.25, 0.3) is 0 Å². The van der Waals surface area contributed by atoms with Gasteiger partial charge in [0, 0.05) is 11.9 Å². The summed E-state index contributed by atoms with van der Waals surface area (Å²) in [5.74, 6) is -0.205. The van der Waals surface area contributed by atoms with Gasteiger partial charge in [-0.05, 0) is 55.3 Å². The Balaban J connectivity index is 2.44. The Morgan fingerprint density at radius 3 is 2.63 bits per heavy atom. The first kappa shape index (κ1) is 13.7. The number of benzene rings is 1. The second-order valence-electron chi connectivity index (χ2n) is 4.72. The monoisotopic (exact) mass is 258 g/mol. The molecule has 2 rings (SSSR count). The molecule has 0 fully saturated rings. The first-order valence-corrected chi connectivity index (χ1v) is 6.53. The molecule has 1 heterocycles. The zero-order chi connectivity index (χ0) is 13.8. The summed E-state index contributed by atoms with van der Waals surface area (Å²) in [7, 11) is 0. The molecule has 19 heavy (non-hydrogen) atoms. The van der Waals surface area contributed by atoms with Crippen LogP contribution in [0.1, 0.15) is 35.3 Å². The summed E-state index contributed by atoms with van der Waals surface area (Å²) in [5, 5.41) is 3.40. The SMILES string of the molecule is CCNC(c1ccc(C)nc1)c1cc(F)ccc1C. The van der Waals surface area contributed by atoms with Crippen molar-refractivity contribution in [3.05, 3.63) is 64.7 Å². The Morgan fingerprint density at radius 2 is 2.00 bits per heavy atom. The molecule has 0 aliphatic heterocycles. The van der Waals surface area contributed by atoms with Crippen LogP contribution in [0.15, 0.2) is 36.5 Å². The zero-order valence-electron chi connectivity index (χ0n) is 11.6. The molecule has 1 atom stereocenters. The fourth-order valence-corrected chi connectivity index (χ4v) is 2.18. The van der Waals surface area contributed by atoms with Crippen LogP contribution < -0.4 is 5.32 Å². The van der Waals surface area contributed by atoms with Crippen molar-refractivity contribution >= 4 is 0 Å². The summed E-state index contributed by atoms with van der Waals surface area (Å²) in [4.78, 5) is 4.33. The summed E-state index contributed by atoms with van der Waals surface area (Å²) in [6, 6.07) is 8.91. The normalized spacial score (nSPS) is 12.4. The molecular weight excluding hydrogens is 239 g/mol. The molecule has 0 spiro atoms. The highest BCUT2D eigenvalue weighted by Crippen LogP contribution is 2.25. The third-order valence-corrected chi connectivity index (χ3v) is 3.23. The number of nitrogens with one attached hydrogen (secondary N) is 1. The average Bonchev–Trinajstić information content (AvgIpc) is 2.40. The lowest BCUT2D eigenvalue weighted by atomic mass is 9.95. The topological polar surface area (TPSA) is 24.9 Å². The highest BCUT2D eigenvalue weighted by molar-refractivity contribution is 5.36. The largest absolute Gasteiger partial charge is 0.306 e. The lowest BCUT2D eigenvalue weighted by Crippen LogP contribution is -2.23. The molecule has 0 aliphatic carbocycles. The molecule has 1 N–H and O–H groups in total. The van der Waals surface area contributed by atoms with Crippen molar-refractivity contribution < 1.29 is 4.39 Å². The van der Waals surface area contributed by atoms with Gasteiger partial charge in [-0.1, -0.05) is 19.1 Å². The van der Waals surface area contributed by atoms with Gasteiger partial charge in [0.1, 0.15) is 5.82 Å². The van der Waals surface area contributed by atoms with Crippen LogP contribution >= 0.6 is 0 Å². The first-order valence-electron chi connectivity index (χ1n) is 6.53. The lowest BCUT2D eigenvalue weighted by Gasteiger charge is -2.20. The molecule has 0 aliphatic rings. The molecule has 0 saturated carbocycles. The number of nitrogens with zero attached hydrogens (tertiary/aromatic N) is 1. The Bertz CT molecular complexity index is 549. The number of hydrogen-bond acceptors (Lipinski definition) is 2. The smallest absolute Gasteiger partial charge is 0.123 e. The number of aryl methyl sites for hydroxylation is 2. The number of halogens is 1. The quantitative estimate of drug-likeness (QED) is 0.907. The maximum absolute atomic E-state index is 13.5. The zero-order valence-corrected chi connectivity index (χ0v) is 11.6. The Kier molecular flexibility index (Phi) is 4.27.